The zero-order valence-electron chi connectivity index (χ0n) is 19.0. The van der Waals surface area contributed by atoms with Crippen molar-refractivity contribution in [3.63, 3.8) is 0 Å². The molecule has 3 aromatic rings. The number of hydrogen-bond donors (Lipinski definition) is 0. The molecule has 0 unspecified atom stereocenters. The molecule has 8 heteroatoms. The van der Waals surface area contributed by atoms with Crippen LogP contribution in [0.1, 0.15) is 25.5 Å². The Morgan fingerprint density at radius 3 is 2.61 bits per heavy atom. The van der Waals surface area contributed by atoms with Crippen LogP contribution in [-0.4, -0.2) is 54.3 Å². The summed E-state index contributed by atoms with van der Waals surface area (Å²) in [6, 6.07) is 16.7. The lowest BCUT2D eigenvalue weighted by molar-refractivity contribution is -0.384. The Morgan fingerprint density at radius 2 is 1.82 bits per heavy atom. The molecule has 0 bridgehead atoms. The first kappa shape index (κ1) is 22.8. The summed E-state index contributed by atoms with van der Waals surface area (Å²) in [5, 5.41) is 15.3. The second-order valence-electron chi connectivity index (χ2n) is 8.14. The number of hydrogen-bond acceptors (Lipinski definition) is 7. The molecule has 4 rings (SSSR count). The third kappa shape index (κ3) is 5.70. The van der Waals surface area contributed by atoms with E-state index in [2.05, 4.69) is 27.1 Å². The van der Waals surface area contributed by atoms with Gasteiger partial charge >= 0.3 is 0 Å². The van der Waals surface area contributed by atoms with Crippen LogP contribution in [0.4, 0.5) is 11.4 Å². The molecule has 0 atom stereocenters. The Bertz CT molecular complexity index is 1060. The van der Waals surface area contributed by atoms with E-state index in [1.165, 1.54) is 11.8 Å². The van der Waals surface area contributed by atoms with Gasteiger partial charge in [0.2, 0.25) is 0 Å². The van der Waals surface area contributed by atoms with Crippen LogP contribution < -0.4 is 9.64 Å². The van der Waals surface area contributed by atoms with Crippen LogP contribution in [-0.2, 0) is 6.42 Å². The minimum Gasteiger partial charge on any atom is -0.492 e. The Morgan fingerprint density at radius 1 is 1.06 bits per heavy atom. The van der Waals surface area contributed by atoms with Crippen LogP contribution in [0, 0.1) is 10.1 Å². The molecular weight excluding hydrogens is 420 g/mol. The van der Waals surface area contributed by atoms with Crippen LogP contribution in [0.5, 0.6) is 5.75 Å². The first-order valence-corrected chi connectivity index (χ1v) is 11.5. The molecule has 0 radical (unpaired) electrons. The third-order valence-electron chi connectivity index (χ3n) is 5.96. The van der Waals surface area contributed by atoms with Gasteiger partial charge in [-0.3, -0.25) is 15.0 Å². The molecule has 0 aliphatic carbocycles. The van der Waals surface area contributed by atoms with Crippen LogP contribution in [0.2, 0.25) is 0 Å². The number of nitro groups is 1. The van der Waals surface area contributed by atoms with Crippen molar-refractivity contribution in [3.8, 4) is 17.0 Å². The van der Waals surface area contributed by atoms with Gasteiger partial charge in [-0.1, -0.05) is 29.4 Å². The van der Waals surface area contributed by atoms with Crippen molar-refractivity contribution < 1.29 is 14.2 Å². The van der Waals surface area contributed by atoms with E-state index >= 15 is 0 Å². The van der Waals surface area contributed by atoms with Crippen LogP contribution in [0.15, 0.2) is 59.1 Å². The average molecular weight is 451 g/mol. The number of unbranched alkanes of at least 4 members (excludes halogenated alkanes) is 1. The first-order chi connectivity index (χ1) is 16.2. The molecule has 174 valence electrons. The SMILES string of the molecule is CCOc1ccccc1N1CCN(CCCCc2cc(-c3ccccc3[N+](=O)[O-])no2)CC1. The molecule has 0 amide bonds. The zero-order valence-corrected chi connectivity index (χ0v) is 19.0. The van der Waals surface area contributed by atoms with Gasteiger partial charge in [-0.2, -0.15) is 0 Å². The molecule has 0 saturated carbocycles. The van der Waals surface area contributed by atoms with Crippen molar-refractivity contribution in [2.24, 2.45) is 0 Å². The fraction of sp³-hybridized carbons (Fsp3) is 0.400. The number of nitrogens with zero attached hydrogens (tertiary/aromatic N) is 4. The number of aryl methyl sites for hydroxylation is 1. The minimum absolute atomic E-state index is 0.0420. The van der Waals surface area contributed by atoms with E-state index in [4.69, 9.17) is 9.26 Å². The van der Waals surface area contributed by atoms with E-state index in [1.807, 2.05) is 25.1 Å². The fourth-order valence-electron chi connectivity index (χ4n) is 4.25. The summed E-state index contributed by atoms with van der Waals surface area (Å²) < 4.78 is 11.2. The predicted octanol–water partition coefficient (Wildman–Crippen LogP) is 4.79. The summed E-state index contributed by atoms with van der Waals surface area (Å²) in [5.74, 6) is 1.72. The lowest BCUT2D eigenvalue weighted by atomic mass is 10.1. The molecule has 8 nitrogen and oxygen atoms in total. The van der Waals surface area contributed by atoms with E-state index in [-0.39, 0.29) is 5.69 Å². The summed E-state index contributed by atoms with van der Waals surface area (Å²) in [5.41, 5.74) is 2.22. The highest BCUT2D eigenvalue weighted by Gasteiger charge is 2.20. The maximum atomic E-state index is 11.2. The molecule has 1 aliphatic rings. The van der Waals surface area contributed by atoms with Crippen LogP contribution >= 0.6 is 0 Å². The number of nitro benzene ring substituents is 1. The normalized spacial score (nSPS) is 14.4. The minimum atomic E-state index is -0.390. The third-order valence-corrected chi connectivity index (χ3v) is 5.96. The zero-order chi connectivity index (χ0) is 23.0. The fourth-order valence-corrected chi connectivity index (χ4v) is 4.25. The second kappa shape index (κ2) is 11.0. The lowest BCUT2D eigenvalue weighted by Crippen LogP contribution is -2.46. The monoisotopic (exact) mass is 450 g/mol. The van der Waals surface area contributed by atoms with E-state index < -0.39 is 4.92 Å². The van der Waals surface area contributed by atoms with Gasteiger partial charge in [-0.25, -0.2) is 0 Å². The van der Waals surface area contributed by atoms with Crippen LogP contribution in [0.25, 0.3) is 11.3 Å². The predicted molar refractivity (Wildman–Crippen MR) is 128 cm³/mol. The quantitative estimate of drug-likeness (QED) is 0.249. The largest absolute Gasteiger partial charge is 0.492 e. The molecule has 2 aromatic carbocycles. The molecule has 1 fully saturated rings. The number of anilines is 1. The van der Waals surface area contributed by atoms with Crippen molar-refractivity contribution in [2.45, 2.75) is 26.2 Å². The Hall–Kier alpha value is -3.39. The smallest absolute Gasteiger partial charge is 0.278 e. The van der Waals surface area contributed by atoms with Gasteiger partial charge in [0, 0.05) is 44.7 Å². The van der Waals surface area contributed by atoms with Gasteiger partial charge in [0.05, 0.1) is 22.8 Å². The first-order valence-electron chi connectivity index (χ1n) is 11.5. The molecule has 1 aromatic heterocycles. The van der Waals surface area contributed by atoms with Gasteiger partial charge in [-0.15, -0.1) is 0 Å². The summed E-state index contributed by atoms with van der Waals surface area (Å²) in [4.78, 5) is 15.8. The number of piperazine rings is 1. The average Bonchev–Trinajstić information content (AvgIpc) is 3.32. The van der Waals surface area contributed by atoms with E-state index in [0.717, 1.165) is 63.5 Å². The Kier molecular flexibility index (Phi) is 7.57. The number of rotatable bonds is 10. The maximum Gasteiger partial charge on any atom is 0.278 e. The van der Waals surface area contributed by atoms with Gasteiger partial charge in [-0.05, 0) is 44.5 Å². The standard InChI is InChI=1S/C25H30N4O4/c1-2-32-25-13-6-5-12-24(25)28-17-15-27(16-18-28)14-8-7-9-20-19-22(26-33-20)21-10-3-4-11-23(21)29(30)31/h3-6,10-13,19H,2,7-9,14-18H2,1H3. The van der Waals surface area contributed by atoms with Crippen molar-refractivity contribution in [1.82, 2.24) is 10.1 Å². The highest BCUT2D eigenvalue weighted by atomic mass is 16.6. The molecule has 33 heavy (non-hydrogen) atoms. The number of benzene rings is 2. The molecule has 1 saturated heterocycles. The lowest BCUT2D eigenvalue weighted by Gasteiger charge is -2.36. The molecule has 0 spiro atoms. The maximum absolute atomic E-state index is 11.2. The van der Waals surface area contributed by atoms with Gasteiger partial charge in [0.15, 0.2) is 0 Å². The van der Waals surface area contributed by atoms with Crippen molar-refractivity contribution in [1.29, 1.82) is 0 Å². The van der Waals surface area contributed by atoms with E-state index in [9.17, 15) is 10.1 Å². The van der Waals surface area contributed by atoms with Gasteiger partial charge in [0.25, 0.3) is 5.69 Å². The number of aromatic nitrogens is 1. The highest BCUT2D eigenvalue weighted by molar-refractivity contribution is 5.70. The van der Waals surface area contributed by atoms with E-state index in [0.29, 0.717) is 17.9 Å². The molecule has 1 aliphatic heterocycles. The summed E-state index contributed by atoms with van der Waals surface area (Å²) in [6.07, 6.45) is 2.82. The van der Waals surface area contributed by atoms with E-state index in [1.54, 1.807) is 18.2 Å². The summed E-state index contributed by atoms with van der Waals surface area (Å²) in [7, 11) is 0. The van der Waals surface area contributed by atoms with Gasteiger partial charge in [0.1, 0.15) is 17.2 Å². The summed E-state index contributed by atoms with van der Waals surface area (Å²) >= 11 is 0. The second-order valence-corrected chi connectivity index (χ2v) is 8.14. The molecule has 0 N–H and O–H groups in total. The van der Waals surface area contributed by atoms with Crippen LogP contribution in [0.3, 0.4) is 0 Å². The topological polar surface area (TPSA) is 84.9 Å². The van der Waals surface area contributed by atoms with Gasteiger partial charge < -0.3 is 14.2 Å². The Labute approximate surface area is 193 Å². The highest BCUT2D eigenvalue weighted by Crippen LogP contribution is 2.30. The van der Waals surface area contributed by atoms with Crippen molar-refractivity contribution in [3.05, 3.63) is 70.5 Å². The number of ether oxygens (including phenoxy) is 1. The van der Waals surface area contributed by atoms with Crippen molar-refractivity contribution in [2.75, 3.05) is 44.2 Å². The number of para-hydroxylation sites is 3. The molecule has 2 heterocycles. The Balaban J connectivity index is 1.22. The van der Waals surface area contributed by atoms with Crippen molar-refractivity contribution >= 4 is 11.4 Å². The molecular formula is C25H30N4O4. The summed E-state index contributed by atoms with van der Waals surface area (Å²) in [6.45, 7) is 7.78.